The fraction of sp³-hybridized carbons (Fsp3) is 0.231. The van der Waals surface area contributed by atoms with E-state index in [2.05, 4.69) is 0 Å². The van der Waals surface area contributed by atoms with Crippen molar-refractivity contribution >= 4 is 11.9 Å². The summed E-state index contributed by atoms with van der Waals surface area (Å²) in [5, 5.41) is 49.6. The number of esters is 1. The smallest absolute Gasteiger partial charge is 0.340 e. The Hall–Kier alpha value is -4.16. The molecule has 0 amide bonds. The first-order valence-electron chi connectivity index (χ1n) is 11.3. The normalized spacial score (nSPS) is 29.5. The Morgan fingerprint density at radius 2 is 1.57 bits per heavy atom. The molecule has 3 aliphatic heterocycles. The predicted molar refractivity (Wildman–Crippen MR) is 121 cm³/mol. The van der Waals surface area contributed by atoms with Crippen molar-refractivity contribution in [1.82, 2.24) is 0 Å². The molecular formula is C26H20O11. The number of phenolic OH excluding ortho intramolecular Hbond substituents is 1. The Morgan fingerprint density at radius 3 is 2.32 bits per heavy atom. The van der Waals surface area contributed by atoms with Crippen LogP contribution in [0.1, 0.15) is 27.0 Å². The van der Waals surface area contributed by atoms with Crippen LogP contribution in [-0.4, -0.2) is 68.2 Å². The van der Waals surface area contributed by atoms with Gasteiger partial charge in [0.05, 0.1) is 5.56 Å². The molecule has 190 valence electrons. The maximum atomic E-state index is 12.9. The van der Waals surface area contributed by atoms with E-state index >= 15 is 0 Å². The standard InChI is InChI=1S/C26H20O11/c27-11-5-7-15-17(9-11)35-18-10-12(34-25-21(30)19(28)20(29)22(36-25)23(31)32)6-8-16(18)26(15)14-4-2-1-3-13(14)24(33)37-26/h1-10,19-22,25,27-30H,(H,31,32)/t19-,20-,21+,22-,25-,26-/m0/s1. The number of aromatic hydroxyl groups is 1. The van der Waals surface area contributed by atoms with Gasteiger partial charge in [-0.15, -0.1) is 0 Å². The highest BCUT2D eigenvalue weighted by atomic mass is 16.7. The molecule has 5 N–H and O–H groups in total. The van der Waals surface area contributed by atoms with E-state index in [1.165, 1.54) is 24.3 Å². The SMILES string of the molecule is O=C1O[C@]2(c3ccc(O)cc3Oc3cc(O[C@H]4O[C@H](C(=O)O)[C@@H](O)[C@H](O)[C@H]4O)ccc32)c2ccccc21. The van der Waals surface area contributed by atoms with Crippen LogP contribution < -0.4 is 9.47 Å². The molecule has 6 rings (SSSR count). The molecule has 1 spiro atoms. The molecule has 1 fully saturated rings. The van der Waals surface area contributed by atoms with Crippen LogP contribution in [0.15, 0.2) is 60.7 Å². The van der Waals surface area contributed by atoms with E-state index in [9.17, 15) is 35.1 Å². The number of fused-ring (bicyclic) bond motifs is 6. The van der Waals surface area contributed by atoms with Crippen LogP contribution in [0.5, 0.6) is 23.0 Å². The van der Waals surface area contributed by atoms with Crippen LogP contribution in [0, 0.1) is 0 Å². The van der Waals surface area contributed by atoms with E-state index in [1.54, 1.807) is 36.4 Å². The molecule has 3 aromatic carbocycles. The van der Waals surface area contributed by atoms with Gasteiger partial charge in [0.15, 0.2) is 11.7 Å². The molecule has 11 nitrogen and oxygen atoms in total. The average molecular weight is 508 g/mol. The zero-order valence-corrected chi connectivity index (χ0v) is 18.8. The highest BCUT2D eigenvalue weighted by Crippen LogP contribution is 2.57. The summed E-state index contributed by atoms with van der Waals surface area (Å²) < 4.78 is 22.9. The van der Waals surface area contributed by atoms with Crippen molar-refractivity contribution in [3.63, 3.8) is 0 Å². The van der Waals surface area contributed by atoms with Gasteiger partial charge in [-0.1, -0.05) is 18.2 Å². The van der Waals surface area contributed by atoms with Crippen LogP contribution in [0.3, 0.4) is 0 Å². The van der Waals surface area contributed by atoms with Crippen LogP contribution >= 0.6 is 0 Å². The predicted octanol–water partition coefficient (Wildman–Crippen LogP) is 1.23. The van der Waals surface area contributed by atoms with E-state index < -0.39 is 48.2 Å². The van der Waals surface area contributed by atoms with Gasteiger partial charge in [-0.05, 0) is 30.3 Å². The lowest BCUT2D eigenvalue weighted by molar-refractivity contribution is -0.271. The quantitative estimate of drug-likeness (QED) is 0.322. The number of aliphatic hydroxyl groups is 3. The number of carboxylic acid groups (broad SMARTS) is 1. The fourth-order valence-corrected chi connectivity index (χ4v) is 5.00. The molecule has 11 heteroatoms. The van der Waals surface area contributed by atoms with Crippen molar-refractivity contribution in [3.05, 3.63) is 82.9 Å². The minimum Gasteiger partial charge on any atom is -0.508 e. The second kappa shape index (κ2) is 8.18. The van der Waals surface area contributed by atoms with Crippen LogP contribution in [0.4, 0.5) is 0 Å². The molecular weight excluding hydrogens is 488 g/mol. The minimum absolute atomic E-state index is 0.0619. The summed E-state index contributed by atoms with van der Waals surface area (Å²) in [6.45, 7) is 0. The van der Waals surface area contributed by atoms with E-state index in [4.69, 9.17) is 18.9 Å². The number of rotatable bonds is 3. The molecule has 0 aliphatic carbocycles. The monoisotopic (exact) mass is 508 g/mol. The molecule has 0 aromatic heterocycles. The molecule has 0 unspecified atom stereocenters. The lowest BCUT2D eigenvalue weighted by Crippen LogP contribution is -2.61. The molecule has 0 bridgehead atoms. The first-order chi connectivity index (χ1) is 17.7. The number of aliphatic carboxylic acids is 1. The largest absolute Gasteiger partial charge is 0.508 e. The molecule has 1 saturated heterocycles. The minimum atomic E-state index is -1.86. The van der Waals surface area contributed by atoms with Crippen molar-refractivity contribution in [1.29, 1.82) is 0 Å². The number of carbonyl (C=O) groups is 2. The average Bonchev–Trinajstić information content (AvgIpc) is 3.16. The van der Waals surface area contributed by atoms with Gasteiger partial charge >= 0.3 is 11.9 Å². The summed E-state index contributed by atoms with van der Waals surface area (Å²) in [4.78, 5) is 24.3. The van der Waals surface area contributed by atoms with Gasteiger partial charge in [-0.25, -0.2) is 9.59 Å². The molecule has 3 heterocycles. The summed E-state index contributed by atoms with van der Waals surface area (Å²) in [6.07, 6.45) is -8.91. The zero-order chi connectivity index (χ0) is 26.1. The van der Waals surface area contributed by atoms with E-state index in [1.807, 2.05) is 0 Å². The van der Waals surface area contributed by atoms with E-state index in [0.717, 1.165) is 0 Å². The molecule has 0 saturated carbocycles. The fourth-order valence-electron chi connectivity index (χ4n) is 5.00. The van der Waals surface area contributed by atoms with Gasteiger partial charge in [0, 0.05) is 28.8 Å². The van der Waals surface area contributed by atoms with Crippen LogP contribution in [0.25, 0.3) is 0 Å². The van der Waals surface area contributed by atoms with Gasteiger partial charge in [0.2, 0.25) is 6.29 Å². The Kier molecular flexibility index (Phi) is 5.14. The number of carbonyl (C=O) groups excluding carboxylic acids is 1. The van der Waals surface area contributed by atoms with E-state index in [-0.39, 0.29) is 23.0 Å². The summed E-state index contributed by atoms with van der Waals surface area (Å²) in [5.74, 6) is -1.66. The Bertz CT molecular complexity index is 1440. The Labute approximate surface area is 208 Å². The first kappa shape index (κ1) is 23.3. The number of ether oxygens (including phenoxy) is 4. The molecule has 37 heavy (non-hydrogen) atoms. The topological polar surface area (TPSA) is 172 Å². The van der Waals surface area contributed by atoms with Crippen molar-refractivity contribution < 1.29 is 54.1 Å². The van der Waals surface area contributed by atoms with Gasteiger partial charge in [0.1, 0.15) is 41.3 Å². The van der Waals surface area contributed by atoms with Gasteiger partial charge in [0.25, 0.3) is 0 Å². The van der Waals surface area contributed by atoms with Gasteiger partial charge in [-0.3, -0.25) is 0 Å². The summed E-state index contributed by atoms with van der Waals surface area (Å²) >= 11 is 0. The highest BCUT2D eigenvalue weighted by molar-refractivity contribution is 5.97. The number of hydrogen-bond acceptors (Lipinski definition) is 10. The van der Waals surface area contributed by atoms with E-state index in [0.29, 0.717) is 22.3 Å². The number of benzene rings is 3. The summed E-state index contributed by atoms with van der Waals surface area (Å²) in [5.41, 5.74) is 0.536. The Balaban J connectivity index is 1.43. The van der Waals surface area contributed by atoms with Crippen LogP contribution in [-0.2, 0) is 19.9 Å². The third-order valence-electron chi connectivity index (χ3n) is 6.73. The summed E-state index contributed by atoms with van der Waals surface area (Å²) in [7, 11) is 0. The molecule has 3 aromatic rings. The molecule has 6 atom stereocenters. The molecule has 3 aliphatic rings. The highest BCUT2D eigenvalue weighted by Gasteiger charge is 2.54. The first-order valence-corrected chi connectivity index (χ1v) is 11.3. The van der Waals surface area contributed by atoms with Gasteiger partial charge < -0.3 is 44.5 Å². The third-order valence-corrected chi connectivity index (χ3v) is 6.73. The maximum absolute atomic E-state index is 12.9. The molecule has 0 radical (unpaired) electrons. The van der Waals surface area contributed by atoms with Crippen molar-refractivity contribution in [2.24, 2.45) is 0 Å². The lowest BCUT2D eigenvalue weighted by Gasteiger charge is -2.39. The number of carboxylic acids is 1. The second-order valence-electron chi connectivity index (χ2n) is 8.91. The number of phenols is 1. The number of aliphatic hydroxyl groups excluding tert-OH is 3. The third kappa shape index (κ3) is 3.36. The summed E-state index contributed by atoms with van der Waals surface area (Å²) in [6, 6.07) is 15.8. The maximum Gasteiger partial charge on any atom is 0.340 e. The zero-order valence-electron chi connectivity index (χ0n) is 18.8. The lowest BCUT2D eigenvalue weighted by atomic mass is 9.77. The van der Waals surface area contributed by atoms with Gasteiger partial charge in [-0.2, -0.15) is 0 Å². The number of hydrogen-bond donors (Lipinski definition) is 5. The van der Waals surface area contributed by atoms with Crippen molar-refractivity contribution in [2.75, 3.05) is 0 Å². The second-order valence-corrected chi connectivity index (χ2v) is 8.91. The van der Waals surface area contributed by atoms with Crippen molar-refractivity contribution in [2.45, 2.75) is 36.3 Å². The Morgan fingerprint density at radius 1 is 0.865 bits per heavy atom. The van der Waals surface area contributed by atoms with Crippen LogP contribution in [0.2, 0.25) is 0 Å². The van der Waals surface area contributed by atoms with Crippen molar-refractivity contribution in [3.8, 4) is 23.0 Å².